The molecule has 0 bridgehead atoms. The zero-order valence-corrected chi connectivity index (χ0v) is 16.5. The van der Waals surface area contributed by atoms with Gasteiger partial charge in [-0.05, 0) is 31.9 Å². The molecule has 1 saturated heterocycles. The second-order valence-electron chi connectivity index (χ2n) is 6.32. The van der Waals surface area contributed by atoms with Crippen molar-refractivity contribution in [2.24, 2.45) is 0 Å². The minimum Gasteiger partial charge on any atom is -0.497 e. The van der Waals surface area contributed by atoms with E-state index in [1.54, 1.807) is 6.07 Å². The summed E-state index contributed by atoms with van der Waals surface area (Å²) in [5, 5.41) is 0. The zero-order valence-electron chi connectivity index (χ0n) is 15.7. The molecule has 8 nitrogen and oxygen atoms in total. The summed E-state index contributed by atoms with van der Waals surface area (Å²) >= 11 is 0. The van der Waals surface area contributed by atoms with Gasteiger partial charge in [0, 0.05) is 30.9 Å². The fraction of sp³-hybridized carbons (Fsp3) is 0.444. The van der Waals surface area contributed by atoms with E-state index in [-0.39, 0.29) is 17.2 Å². The Balaban J connectivity index is 1.79. The van der Waals surface area contributed by atoms with Crippen LogP contribution in [0.15, 0.2) is 29.2 Å². The van der Waals surface area contributed by atoms with Gasteiger partial charge in [-0.1, -0.05) is 0 Å². The molecule has 1 fully saturated rings. The van der Waals surface area contributed by atoms with Crippen molar-refractivity contribution in [3.8, 4) is 11.5 Å². The van der Waals surface area contributed by atoms with Gasteiger partial charge in [0.25, 0.3) is 0 Å². The molecule has 146 valence electrons. The van der Waals surface area contributed by atoms with Crippen molar-refractivity contribution in [3.63, 3.8) is 0 Å². The van der Waals surface area contributed by atoms with E-state index in [1.165, 1.54) is 26.4 Å². The van der Waals surface area contributed by atoms with Gasteiger partial charge in [-0.3, -0.25) is 0 Å². The van der Waals surface area contributed by atoms with Crippen molar-refractivity contribution >= 4 is 15.8 Å². The summed E-state index contributed by atoms with van der Waals surface area (Å²) < 4.78 is 38.3. The van der Waals surface area contributed by atoms with Crippen LogP contribution in [0.25, 0.3) is 0 Å². The van der Waals surface area contributed by atoms with Crippen molar-refractivity contribution in [1.29, 1.82) is 0 Å². The Morgan fingerprint density at radius 1 is 1.11 bits per heavy atom. The molecule has 0 radical (unpaired) electrons. The highest BCUT2D eigenvalue weighted by Gasteiger charge is 2.21. The van der Waals surface area contributed by atoms with Gasteiger partial charge < -0.3 is 14.4 Å². The van der Waals surface area contributed by atoms with Crippen molar-refractivity contribution < 1.29 is 17.9 Å². The van der Waals surface area contributed by atoms with E-state index in [0.717, 1.165) is 37.4 Å². The van der Waals surface area contributed by atoms with Gasteiger partial charge in [-0.15, -0.1) is 0 Å². The Morgan fingerprint density at radius 3 is 2.52 bits per heavy atom. The molecule has 1 aliphatic heterocycles. The first-order chi connectivity index (χ1) is 12.9. The van der Waals surface area contributed by atoms with Crippen LogP contribution in [0.3, 0.4) is 0 Å². The Bertz CT molecular complexity index is 912. The maximum Gasteiger partial charge on any atom is 0.244 e. The van der Waals surface area contributed by atoms with Crippen molar-refractivity contribution in [1.82, 2.24) is 14.7 Å². The molecule has 0 spiro atoms. The van der Waals surface area contributed by atoms with Gasteiger partial charge in [0.1, 0.15) is 28.0 Å². The molecule has 0 amide bonds. The van der Waals surface area contributed by atoms with E-state index in [1.807, 2.05) is 13.0 Å². The van der Waals surface area contributed by atoms with Crippen LogP contribution in [-0.2, 0) is 16.6 Å². The lowest BCUT2D eigenvalue weighted by atomic mass is 10.3. The van der Waals surface area contributed by atoms with Crippen molar-refractivity contribution in [2.45, 2.75) is 31.2 Å². The summed E-state index contributed by atoms with van der Waals surface area (Å²) in [6, 6.07) is 6.48. The SMILES string of the molecule is COc1ccc(S(=O)(=O)NCc2nc(C)cc(N3CCCC3)n2)c(OC)c1. The van der Waals surface area contributed by atoms with Crippen LogP contribution >= 0.6 is 0 Å². The van der Waals surface area contributed by atoms with Gasteiger partial charge in [-0.2, -0.15) is 0 Å². The molecule has 9 heteroatoms. The normalized spacial score (nSPS) is 14.4. The number of nitrogens with one attached hydrogen (secondary N) is 1. The average Bonchev–Trinajstić information content (AvgIpc) is 3.20. The minimum absolute atomic E-state index is 0.0000365. The number of nitrogens with zero attached hydrogens (tertiary/aromatic N) is 3. The highest BCUT2D eigenvalue weighted by atomic mass is 32.2. The average molecular weight is 392 g/mol. The summed E-state index contributed by atoms with van der Waals surface area (Å²) in [6.07, 6.45) is 2.28. The minimum atomic E-state index is -3.80. The van der Waals surface area contributed by atoms with Crippen LogP contribution in [0, 0.1) is 6.92 Å². The molecule has 1 aliphatic rings. The van der Waals surface area contributed by atoms with Gasteiger partial charge in [0.05, 0.1) is 20.8 Å². The molecule has 0 atom stereocenters. The van der Waals surface area contributed by atoms with Gasteiger partial charge in [0.2, 0.25) is 10.0 Å². The predicted molar refractivity (Wildman–Crippen MR) is 102 cm³/mol. The number of hydrogen-bond acceptors (Lipinski definition) is 7. The molecule has 1 aromatic carbocycles. The predicted octanol–water partition coefficient (Wildman–Crippen LogP) is 1.88. The highest BCUT2D eigenvalue weighted by Crippen LogP contribution is 2.28. The molecule has 0 unspecified atom stereocenters. The molecule has 1 N–H and O–H groups in total. The zero-order chi connectivity index (χ0) is 19.4. The quantitative estimate of drug-likeness (QED) is 0.769. The van der Waals surface area contributed by atoms with E-state index in [9.17, 15) is 8.42 Å². The number of aromatic nitrogens is 2. The maximum atomic E-state index is 12.7. The second-order valence-corrected chi connectivity index (χ2v) is 8.05. The maximum absolute atomic E-state index is 12.7. The fourth-order valence-electron chi connectivity index (χ4n) is 3.03. The number of hydrogen-bond donors (Lipinski definition) is 1. The first kappa shape index (κ1) is 19.4. The highest BCUT2D eigenvalue weighted by molar-refractivity contribution is 7.89. The van der Waals surface area contributed by atoms with E-state index in [0.29, 0.717) is 11.6 Å². The Labute approximate surface area is 159 Å². The lowest BCUT2D eigenvalue weighted by molar-refractivity contribution is 0.386. The lowest BCUT2D eigenvalue weighted by Gasteiger charge is -2.17. The van der Waals surface area contributed by atoms with Gasteiger partial charge in [0.15, 0.2) is 0 Å². The smallest absolute Gasteiger partial charge is 0.244 e. The van der Waals surface area contributed by atoms with Gasteiger partial charge in [-0.25, -0.2) is 23.1 Å². The number of rotatable bonds is 7. The van der Waals surface area contributed by atoms with Gasteiger partial charge >= 0.3 is 0 Å². The second kappa shape index (κ2) is 8.10. The molecule has 1 aromatic heterocycles. The Morgan fingerprint density at radius 2 is 1.85 bits per heavy atom. The van der Waals surface area contributed by atoms with Crippen LogP contribution in [0.1, 0.15) is 24.4 Å². The Hall–Kier alpha value is -2.39. The third kappa shape index (κ3) is 4.48. The summed E-state index contributed by atoms with van der Waals surface area (Å²) in [6.45, 7) is 3.81. The van der Waals surface area contributed by atoms with Crippen molar-refractivity contribution in [3.05, 3.63) is 35.8 Å². The number of sulfonamides is 1. The fourth-order valence-corrected chi connectivity index (χ4v) is 4.16. The standard InChI is InChI=1S/C18H24N4O4S/c1-13-10-18(22-8-4-5-9-22)21-17(20-13)12-19-27(23,24)16-7-6-14(25-2)11-15(16)26-3/h6-7,10-11,19H,4-5,8-9,12H2,1-3H3. The van der Waals surface area contributed by atoms with E-state index < -0.39 is 10.0 Å². The van der Waals surface area contributed by atoms with Crippen LogP contribution in [0.4, 0.5) is 5.82 Å². The molecule has 3 rings (SSSR count). The lowest BCUT2D eigenvalue weighted by Crippen LogP contribution is -2.26. The monoisotopic (exact) mass is 392 g/mol. The number of methoxy groups -OCH3 is 2. The molecular weight excluding hydrogens is 368 g/mol. The molecular formula is C18H24N4O4S. The molecule has 2 heterocycles. The molecule has 0 aliphatic carbocycles. The van der Waals surface area contributed by atoms with Crippen molar-refractivity contribution in [2.75, 3.05) is 32.2 Å². The third-order valence-corrected chi connectivity index (χ3v) is 5.84. The number of anilines is 1. The molecule has 27 heavy (non-hydrogen) atoms. The van der Waals surface area contributed by atoms with Crippen LogP contribution < -0.4 is 19.1 Å². The summed E-state index contributed by atoms with van der Waals surface area (Å²) in [5.74, 6) is 2.01. The summed E-state index contributed by atoms with van der Waals surface area (Å²) in [4.78, 5) is 11.1. The van der Waals surface area contributed by atoms with E-state index in [2.05, 4.69) is 19.6 Å². The molecule has 2 aromatic rings. The first-order valence-electron chi connectivity index (χ1n) is 8.74. The first-order valence-corrected chi connectivity index (χ1v) is 10.2. The third-order valence-electron chi connectivity index (χ3n) is 4.40. The number of aryl methyl sites for hydroxylation is 1. The Kier molecular flexibility index (Phi) is 5.81. The summed E-state index contributed by atoms with van der Waals surface area (Å²) in [5.41, 5.74) is 0.808. The van der Waals surface area contributed by atoms with Crippen LogP contribution in [-0.4, -0.2) is 45.7 Å². The van der Waals surface area contributed by atoms with E-state index in [4.69, 9.17) is 9.47 Å². The van der Waals surface area contributed by atoms with Crippen LogP contribution in [0.5, 0.6) is 11.5 Å². The summed E-state index contributed by atoms with van der Waals surface area (Å²) in [7, 11) is -0.870. The van der Waals surface area contributed by atoms with E-state index >= 15 is 0 Å². The largest absolute Gasteiger partial charge is 0.497 e. The topological polar surface area (TPSA) is 93.7 Å². The van der Waals surface area contributed by atoms with Crippen LogP contribution in [0.2, 0.25) is 0 Å². The molecule has 0 saturated carbocycles. The number of benzene rings is 1. The number of ether oxygens (including phenoxy) is 2.